The molecule has 0 heterocycles. The smallest absolute Gasteiger partial charge is 0.222 e. The van der Waals surface area contributed by atoms with Gasteiger partial charge in [-0.3, -0.25) is 4.79 Å². The molecule has 18 heavy (non-hydrogen) atoms. The van der Waals surface area contributed by atoms with E-state index >= 15 is 0 Å². The molecule has 0 aliphatic heterocycles. The van der Waals surface area contributed by atoms with E-state index in [1.54, 1.807) is 0 Å². The van der Waals surface area contributed by atoms with Crippen LogP contribution < -0.4 is 10.6 Å². The van der Waals surface area contributed by atoms with E-state index in [1.807, 2.05) is 27.7 Å². The molecule has 2 N–H and O–H groups in total. The topological polar surface area (TPSA) is 58.2 Å². The number of hydrogen-bond donors (Lipinski definition) is 2. The van der Waals surface area contributed by atoms with Crippen LogP contribution in [0.4, 0.5) is 0 Å². The first-order valence-electron chi connectivity index (χ1n) is 6.87. The molecule has 106 valence electrons. The fourth-order valence-electron chi connectivity index (χ4n) is 1.54. The van der Waals surface area contributed by atoms with Crippen molar-refractivity contribution in [3.05, 3.63) is 0 Å². The third-order valence-corrected chi connectivity index (χ3v) is 2.89. The lowest BCUT2D eigenvalue weighted by molar-refractivity contribution is -0.124. The molecule has 0 rings (SSSR count). The predicted octanol–water partition coefficient (Wildman–Crippen LogP) is 1.74. The summed E-state index contributed by atoms with van der Waals surface area (Å²) >= 11 is 0. The standard InChI is InChI=1S/C14H28N2O2/c1-5-8-16-13(18)12(2)7-6-9-15-10-14(3,4)11-17/h11-12,15H,5-10H2,1-4H3,(H,16,18). The molecule has 0 fully saturated rings. The molecular formula is C14H28N2O2. The largest absolute Gasteiger partial charge is 0.356 e. The normalized spacial score (nSPS) is 13.1. The molecule has 1 amide bonds. The number of carbonyl (C=O) groups is 2. The van der Waals surface area contributed by atoms with Crippen molar-refractivity contribution >= 4 is 12.2 Å². The molecule has 0 bridgehead atoms. The van der Waals surface area contributed by atoms with Gasteiger partial charge in [-0.1, -0.05) is 27.7 Å². The van der Waals surface area contributed by atoms with Crippen molar-refractivity contribution in [1.82, 2.24) is 10.6 Å². The third kappa shape index (κ3) is 8.23. The number of hydrogen-bond acceptors (Lipinski definition) is 3. The van der Waals surface area contributed by atoms with Gasteiger partial charge in [-0.05, 0) is 25.8 Å². The van der Waals surface area contributed by atoms with Gasteiger partial charge < -0.3 is 15.4 Å². The van der Waals surface area contributed by atoms with Crippen LogP contribution in [-0.2, 0) is 9.59 Å². The summed E-state index contributed by atoms with van der Waals surface area (Å²) in [5.74, 6) is 0.211. The quantitative estimate of drug-likeness (QED) is 0.462. The van der Waals surface area contributed by atoms with Crippen molar-refractivity contribution in [2.45, 2.75) is 47.0 Å². The maximum atomic E-state index is 11.6. The van der Waals surface area contributed by atoms with Gasteiger partial charge in [0, 0.05) is 24.4 Å². The zero-order valence-electron chi connectivity index (χ0n) is 12.2. The Morgan fingerprint density at radius 3 is 2.56 bits per heavy atom. The Morgan fingerprint density at radius 1 is 1.33 bits per heavy atom. The zero-order valence-corrected chi connectivity index (χ0v) is 12.2. The van der Waals surface area contributed by atoms with Crippen molar-refractivity contribution in [1.29, 1.82) is 0 Å². The highest BCUT2D eigenvalue weighted by Crippen LogP contribution is 2.09. The average Bonchev–Trinajstić information content (AvgIpc) is 2.35. The minimum atomic E-state index is -0.301. The summed E-state index contributed by atoms with van der Waals surface area (Å²) in [4.78, 5) is 22.3. The summed E-state index contributed by atoms with van der Waals surface area (Å²) in [5.41, 5.74) is -0.301. The van der Waals surface area contributed by atoms with Crippen LogP contribution in [0, 0.1) is 11.3 Å². The van der Waals surface area contributed by atoms with Gasteiger partial charge in [0.15, 0.2) is 0 Å². The number of carbonyl (C=O) groups excluding carboxylic acids is 2. The molecule has 0 saturated heterocycles. The lowest BCUT2D eigenvalue weighted by atomic mass is 9.96. The highest BCUT2D eigenvalue weighted by Gasteiger charge is 2.15. The molecule has 0 aromatic carbocycles. The monoisotopic (exact) mass is 256 g/mol. The minimum absolute atomic E-state index is 0.0671. The van der Waals surface area contributed by atoms with E-state index in [9.17, 15) is 9.59 Å². The molecule has 0 spiro atoms. The molecule has 0 aromatic heterocycles. The van der Waals surface area contributed by atoms with E-state index in [0.717, 1.165) is 38.6 Å². The molecule has 0 aliphatic carbocycles. The second-order valence-corrected chi connectivity index (χ2v) is 5.62. The summed E-state index contributed by atoms with van der Waals surface area (Å²) in [6.45, 7) is 10.1. The maximum Gasteiger partial charge on any atom is 0.222 e. The first-order valence-corrected chi connectivity index (χ1v) is 6.87. The van der Waals surface area contributed by atoms with E-state index in [4.69, 9.17) is 0 Å². The molecule has 4 nitrogen and oxygen atoms in total. The van der Waals surface area contributed by atoms with Crippen molar-refractivity contribution in [2.24, 2.45) is 11.3 Å². The number of rotatable bonds is 10. The van der Waals surface area contributed by atoms with Crippen LogP contribution in [0.1, 0.15) is 47.0 Å². The van der Waals surface area contributed by atoms with Gasteiger partial charge in [-0.15, -0.1) is 0 Å². The van der Waals surface area contributed by atoms with Gasteiger partial charge in [-0.25, -0.2) is 0 Å². The highest BCUT2D eigenvalue weighted by molar-refractivity contribution is 5.78. The lowest BCUT2D eigenvalue weighted by Crippen LogP contribution is -2.32. The van der Waals surface area contributed by atoms with E-state index in [1.165, 1.54) is 0 Å². The SMILES string of the molecule is CCCNC(=O)C(C)CCCNCC(C)(C)C=O. The van der Waals surface area contributed by atoms with Crippen molar-refractivity contribution in [3.63, 3.8) is 0 Å². The van der Waals surface area contributed by atoms with Crippen molar-refractivity contribution in [3.8, 4) is 0 Å². The average molecular weight is 256 g/mol. The van der Waals surface area contributed by atoms with Crippen LogP contribution in [0.2, 0.25) is 0 Å². The van der Waals surface area contributed by atoms with Gasteiger partial charge in [0.2, 0.25) is 5.91 Å². The maximum absolute atomic E-state index is 11.6. The predicted molar refractivity (Wildman–Crippen MR) is 74.4 cm³/mol. The van der Waals surface area contributed by atoms with Gasteiger partial charge in [0.05, 0.1) is 0 Å². The van der Waals surface area contributed by atoms with Crippen LogP contribution in [0.3, 0.4) is 0 Å². The Kier molecular flexibility index (Phi) is 8.63. The van der Waals surface area contributed by atoms with Crippen molar-refractivity contribution in [2.75, 3.05) is 19.6 Å². The van der Waals surface area contributed by atoms with Gasteiger partial charge in [0.1, 0.15) is 6.29 Å². The van der Waals surface area contributed by atoms with E-state index in [2.05, 4.69) is 10.6 Å². The van der Waals surface area contributed by atoms with Crippen LogP contribution >= 0.6 is 0 Å². The first kappa shape index (κ1) is 17.1. The summed E-state index contributed by atoms with van der Waals surface area (Å²) in [6.07, 6.45) is 3.78. The van der Waals surface area contributed by atoms with Gasteiger partial charge >= 0.3 is 0 Å². The fourth-order valence-corrected chi connectivity index (χ4v) is 1.54. The summed E-state index contributed by atoms with van der Waals surface area (Å²) in [6, 6.07) is 0. The molecule has 0 aliphatic rings. The van der Waals surface area contributed by atoms with Crippen LogP contribution in [0.5, 0.6) is 0 Å². The first-order chi connectivity index (χ1) is 8.43. The second-order valence-electron chi connectivity index (χ2n) is 5.62. The van der Waals surface area contributed by atoms with Gasteiger partial charge in [-0.2, -0.15) is 0 Å². The third-order valence-electron chi connectivity index (χ3n) is 2.89. The summed E-state index contributed by atoms with van der Waals surface area (Å²) < 4.78 is 0. The van der Waals surface area contributed by atoms with E-state index in [-0.39, 0.29) is 17.2 Å². The highest BCUT2D eigenvalue weighted by atomic mass is 16.1. The Bertz CT molecular complexity index is 252. The second kappa shape index (κ2) is 9.09. The minimum Gasteiger partial charge on any atom is -0.356 e. The Hall–Kier alpha value is -0.900. The number of amides is 1. The zero-order chi connectivity index (χ0) is 14.0. The summed E-state index contributed by atoms with van der Waals surface area (Å²) in [7, 11) is 0. The Balaban J connectivity index is 3.60. The van der Waals surface area contributed by atoms with Crippen LogP contribution in [-0.4, -0.2) is 31.8 Å². The van der Waals surface area contributed by atoms with Gasteiger partial charge in [0.25, 0.3) is 0 Å². The molecule has 1 unspecified atom stereocenters. The Morgan fingerprint density at radius 2 is 2.00 bits per heavy atom. The molecule has 0 radical (unpaired) electrons. The fraction of sp³-hybridized carbons (Fsp3) is 0.857. The molecule has 0 saturated carbocycles. The summed E-state index contributed by atoms with van der Waals surface area (Å²) in [5, 5.41) is 6.15. The van der Waals surface area contributed by atoms with Crippen LogP contribution in [0.25, 0.3) is 0 Å². The van der Waals surface area contributed by atoms with Crippen molar-refractivity contribution < 1.29 is 9.59 Å². The molecule has 0 aromatic rings. The number of nitrogens with one attached hydrogen (secondary N) is 2. The molecular weight excluding hydrogens is 228 g/mol. The Labute approximate surface area is 111 Å². The molecule has 1 atom stereocenters. The van der Waals surface area contributed by atoms with E-state index < -0.39 is 0 Å². The lowest BCUT2D eigenvalue weighted by Gasteiger charge is -2.17. The number of aldehydes is 1. The molecule has 4 heteroatoms. The van der Waals surface area contributed by atoms with Crippen LogP contribution in [0.15, 0.2) is 0 Å². The van der Waals surface area contributed by atoms with E-state index in [0.29, 0.717) is 6.54 Å².